The molecule has 0 spiro atoms. The fourth-order valence-corrected chi connectivity index (χ4v) is 6.79. The number of benzene rings is 2. The van der Waals surface area contributed by atoms with Gasteiger partial charge in [0.25, 0.3) is 0 Å². The molecular formula is C33H34S. The smallest absolute Gasteiger partial charge is 0.0166 e. The molecule has 0 radical (unpaired) electrons. The number of hydrogen-bond donors (Lipinski definition) is 0. The first kappa shape index (κ1) is 23.0. The molecule has 0 aliphatic heterocycles. The lowest BCUT2D eigenvalue weighted by molar-refractivity contribution is 0.504. The topological polar surface area (TPSA) is 0 Å². The lowest BCUT2D eigenvalue weighted by atomic mass is 9.62. The maximum absolute atomic E-state index is 2.43. The van der Waals surface area contributed by atoms with Crippen molar-refractivity contribution in [2.45, 2.75) is 66.1 Å². The van der Waals surface area contributed by atoms with Gasteiger partial charge in [0.1, 0.15) is 0 Å². The molecule has 0 bridgehead atoms. The van der Waals surface area contributed by atoms with Crippen LogP contribution in [-0.4, -0.2) is 0 Å². The second kappa shape index (κ2) is 9.12. The van der Waals surface area contributed by atoms with Crippen LogP contribution in [0.4, 0.5) is 0 Å². The Hall–Kier alpha value is -2.77. The highest BCUT2D eigenvalue weighted by Gasteiger charge is 2.40. The van der Waals surface area contributed by atoms with Crippen LogP contribution in [0.15, 0.2) is 125 Å². The molecule has 2 aromatic carbocycles. The third-order valence-electron chi connectivity index (χ3n) is 7.66. The standard InChI is InChI=1S/C33H34S/c1-31(20-10-5-11-21-31)27-18-19-28(34-26-16-8-4-9-17-26)30(33(3)24-14-7-15-25-33)29(27)32(2)22-12-6-13-23-32/h4-20,22,24H,21,23,25H2,1-3H3. The van der Waals surface area contributed by atoms with Crippen molar-refractivity contribution in [2.75, 3.05) is 0 Å². The van der Waals surface area contributed by atoms with Crippen LogP contribution < -0.4 is 0 Å². The molecule has 3 aliphatic rings. The molecule has 3 unspecified atom stereocenters. The third-order valence-corrected chi connectivity index (χ3v) is 8.72. The van der Waals surface area contributed by atoms with Gasteiger partial charge in [-0.15, -0.1) is 0 Å². The van der Waals surface area contributed by atoms with Gasteiger partial charge in [-0.25, -0.2) is 0 Å². The Morgan fingerprint density at radius 1 is 0.559 bits per heavy atom. The van der Waals surface area contributed by atoms with E-state index in [9.17, 15) is 0 Å². The molecule has 5 rings (SSSR count). The highest BCUT2D eigenvalue weighted by Crippen LogP contribution is 2.51. The van der Waals surface area contributed by atoms with Gasteiger partial charge in [-0.1, -0.05) is 130 Å². The Bertz CT molecular complexity index is 1240. The first-order valence-corrected chi connectivity index (χ1v) is 13.2. The van der Waals surface area contributed by atoms with Crippen molar-refractivity contribution >= 4 is 11.8 Å². The van der Waals surface area contributed by atoms with Crippen molar-refractivity contribution in [3.63, 3.8) is 0 Å². The van der Waals surface area contributed by atoms with Crippen molar-refractivity contribution in [3.8, 4) is 0 Å². The van der Waals surface area contributed by atoms with Gasteiger partial charge >= 0.3 is 0 Å². The summed E-state index contributed by atoms with van der Waals surface area (Å²) in [5, 5.41) is 0. The van der Waals surface area contributed by atoms with E-state index in [1.165, 1.54) is 26.5 Å². The summed E-state index contributed by atoms with van der Waals surface area (Å²) in [5.41, 5.74) is 4.34. The predicted molar refractivity (Wildman–Crippen MR) is 148 cm³/mol. The first-order valence-electron chi connectivity index (χ1n) is 12.4. The third kappa shape index (κ3) is 4.23. The number of hydrogen-bond acceptors (Lipinski definition) is 1. The lowest BCUT2D eigenvalue weighted by Gasteiger charge is -2.42. The van der Waals surface area contributed by atoms with E-state index in [0.29, 0.717) is 0 Å². The van der Waals surface area contributed by atoms with E-state index in [2.05, 4.69) is 136 Å². The monoisotopic (exact) mass is 462 g/mol. The zero-order chi connectivity index (χ0) is 23.7. The maximum Gasteiger partial charge on any atom is 0.0166 e. The van der Waals surface area contributed by atoms with E-state index in [0.717, 1.165) is 19.3 Å². The van der Waals surface area contributed by atoms with Crippen LogP contribution >= 0.6 is 11.8 Å². The molecule has 0 amide bonds. The van der Waals surface area contributed by atoms with E-state index in [1.54, 1.807) is 0 Å². The van der Waals surface area contributed by atoms with Gasteiger partial charge in [-0.05, 0) is 54.2 Å². The molecule has 0 aromatic heterocycles. The van der Waals surface area contributed by atoms with Crippen molar-refractivity contribution in [1.82, 2.24) is 0 Å². The number of rotatable bonds is 5. The summed E-state index contributed by atoms with van der Waals surface area (Å²) in [7, 11) is 0. The Morgan fingerprint density at radius 3 is 1.62 bits per heavy atom. The average Bonchev–Trinajstić information content (AvgIpc) is 2.86. The summed E-state index contributed by atoms with van der Waals surface area (Å²) in [5.74, 6) is 0. The molecule has 172 valence electrons. The van der Waals surface area contributed by atoms with Crippen LogP contribution in [0.3, 0.4) is 0 Å². The van der Waals surface area contributed by atoms with Gasteiger partial charge in [-0.3, -0.25) is 0 Å². The van der Waals surface area contributed by atoms with Crippen molar-refractivity contribution in [3.05, 3.63) is 132 Å². The molecule has 34 heavy (non-hydrogen) atoms. The summed E-state index contributed by atoms with van der Waals surface area (Å²) < 4.78 is 0. The van der Waals surface area contributed by atoms with Crippen LogP contribution in [0.5, 0.6) is 0 Å². The summed E-state index contributed by atoms with van der Waals surface area (Å²) >= 11 is 1.91. The average molecular weight is 463 g/mol. The normalized spacial score (nSPS) is 29.6. The van der Waals surface area contributed by atoms with E-state index in [-0.39, 0.29) is 16.2 Å². The first-order chi connectivity index (χ1) is 16.4. The van der Waals surface area contributed by atoms with Crippen LogP contribution in [0, 0.1) is 0 Å². The minimum absolute atomic E-state index is 0.0165. The largest absolute Gasteiger partial charge is 0.0898 e. The zero-order valence-corrected chi connectivity index (χ0v) is 21.3. The summed E-state index contributed by atoms with van der Waals surface area (Å²) in [6.45, 7) is 7.27. The van der Waals surface area contributed by atoms with Crippen molar-refractivity contribution in [2.24, 2.45) is 0 Å². The van der Waals surface area contributed by atoms with Gasteiger partial charge in [0.05, 0.1) is 0 Å². The second-order valence-corrected chi connectivity index (χ2v) is 11.6. The second-order valence-electron chi connectivity index (χ2n) is 10.5. The van der Waals surface area contributed by atoms with E-state index in [4.69, 9.17) is 0 Å². The molecule has 3 atom stereocenters. The Kier molecular flexibility index (Phi) is 6.16. The van der Waals surface area contributed by atoms with Gasteiger partial charge in [-0.2, -0.15) is 0 Å². The molecule has 0 heterocycles. The Morgan fingerprint density at radius 2 is 1.09 bits per heavy atom. The molecule has 0 N–H and O–H groups in total. The zero-order valence-electron chi connectivity index (χ0n) is 20.5. The van der Waals surface area contributed by atoms with Crippen LogP contribution in [0.25, 0.3) is 0 Å². The van der Waals surface area contributed by atoms with Gasteiger partial charge in [0.15, 0.2) is 0 Å². The fourth-order valence-electron chi connectivity index (χ4n) is 5.67. The van der Waals surface area contributed by atoms with Crippen molar-refractivity contribution < 1.29 is 0 Å². The molecule has 0 fully saturated rings. The van der Waals surface area contributed by atoms with E-state index < -0.39 is 0 Å². The quantitative estimate of drug-likeness (QED) is 0.427. The van der Waals surface area contributed by atoms with Gasteiger partial charge in [0.2, 0.25) is 0 Å². The summed E-state index contributed by atoms with van der Waals surface area (Å²) in [6, 6.07) is 15.6. The summed E-state index contributed by atoms with van der Waals surface area (Å²) in [4.78, 5) is 2.66. The van der Waals surface area contributed by atoms with Gasteiger partial charge < -0.3 is 0 Å². The summed E-state index contributed by atoms with van der Waals surface area (Å²) in [6.07, 6.45) is 30.6. The minimum Gasteiger partial charge on any atom is -0.0898 e. The predicted octanol–water partition coefficient (Wildman–Crippen LogP) is 9.16. The van der Waals surface area contributed by atoms with Crippen molar-refractivity contribution in [1.29, 1.82) is 0 Å². The molecule has 1 heteroatoms. The van der Waals surface area contributed by atoms with Crippen LogP contribution in [0.1, 0.15) is 56.7 Å². The van der Waals surface area contributed by atoms with Crippen LogP contribution in [0.2, 0.25) is 0 Å². The van der Waals surface area contributed by atoms with E-state index in [1.807, 2.05) is 11.8 Å². The molecule has 0 saturated carbocycles. The SMILES string of the molecule is CC1(c2ccc(Sc3ccccc3)c(C3(C)C=CC=CC3)c2C2(C)C=CC=CC2)C=CC=CC1. The Balaban J connectivity index is 1.80. The minimum atomic E-state index is -0.0558. The lowest BCUT2D eigenvalue weighted by Crippen LogP contribution is -2.34. The highest BCUT2D eigenvalue weighted by atomic mass is 32.2. The van der Waals surface area contributed by atoms with Crippen LogP contribution in [-0.2, 0) is 16.2 Å². The Labute approximate surface area is 209 Å². The molecule has 0 nitrogen and oxygen atoms in total. The fraction of sp³-hybridized carbons (Fsp3) is 0.273. The van der Waals surface area contributed by atoms with Gasteiger partial charge in [0, 0.05) is 26.0 Å². The van der Waals surface area contributed by atoms with E-state index >= 15 is 0 Å². The molecule has 2 aromatic rings. The molecular weight excluding hydrogens is 428 g/mol. The highest BCUT2D eigenvalue weighted by molar-refractivity contribution is 7.99. The number of allylic oxidation sites excluding steroid dienone is 12. The molecule has 0 saturated heterocycles. The molecule has 3 aliphatic carbocycles. The maximum atomic E-state index is 2.43.